The zero-order chi connectivity index (χ0) is 18.7. The lowest BCUT2D eigenvalue weighted by Crippen LogP contribution is -2.32. The number of thiophene rings is 1. The Morgan fingerprint density at radius 3 is 2.62 bits per heavy atom. The molecule has 3 rings (SSSR count). The van der Waals surface area contributed by atoms with E-state index < -0.39 is 15.7 Å². The van der Waals surface area contributed by atoms with E-state index in [1.54, 1.807) is 17.5 Å². The average molecular weight is 388 g/mol. The van der Waals surface area contributed by atoms with Crippen molar-refractivity contribution in [2.75, 3.05) is 18.1 Å². The van der Waals surface area contributed by atoms with Crippen molar-refractivity contribution < 1.29 is 18.0 Å². The van der Waals surface area contributed by atoms with E-state index in [-0.39, 0.29) is 17.3 Å². The third-order valence-corrected chi connectivity index (χ3v) is 5.75. The van der Waals surface area contributed by atoms with E-state index in [1.807, 2.05) is 24.3 Å². The molecule has 0 saturated carbocycles. The third-order valence-electron chi connectivity index (χ3n) is 3.68. The van der Waals surface area contributed by atoms with E-state index in [9.17, 15) is 18.0 Å². The van der Waals surface area contributed by atoms with Gasteiger partial charge in [-0.15, -0.1) is 11.3 Å². The van der Waals surface area contributed by atoms with Crippen LogP contribution in [-0.4, -0.2) is 33.0 Å². The summed E-state index contributed by atoms with van der Waals surface area (Å²) in [6.07, 6.45) is 1.10. The fourth-order valence-electron chi connectivity index (χ4n) is 2.42. The van der Waals surface area contributed by atoms with Crippen LogP contribution in [0.25, 0.3) is 10.1 Å². The van der Waals surface area contributed by atoms with Gasteiger partial charge in [-0.25, -0.2) is 8.42 Å². The summed E-state index contributed by atoms with van der Waals surface area (Å²) >= 11 is 1.46. The maximum atomic E-state index is 12.3. The highest BCUT2D eigenvalue weighted by Crippen LogP contribution is 2.25. The highest BCUT2D eigenvalue weighted by molar-refractivity contribution is 7.90. The lowest BCUT2D eigenvalue weighted by atomic mass is 10.1. The van der Waals surface area contributed by atoms with Crippen LogP contribution in [0.4, 0.5) is 5.69 Å². The van der Waals surface area contributed by atoms with Gasteiger partial charge in [-0.3, -0.25) is 9.59 Å². The number of hydrogen-bond acceptors (Lipinski definition) is 5. The molecule has 0 radical (unpaired) electrons. The number of benzene rings is 2. The van der Waals surface area contributed by atoms with Crippen molar-refractivity contribution >= 4 is 48.8 Å². The second-order valence-electron chi connectivity index (χ2n) is 5.68. The van der Waals surface area contributed by atoms with E-state index >= 15 is 0 Å². The standard InChI is InChI=1S/C18H16N2O4S2/c1-26(23,24)13-6-4-5-12(9-13)20-17(21)10-19-18(22)15-11-25-16-8-3-2-7-14(15)16/h2-9,11H,10H2,1H3,(H,19,22)(H,20,21). The number of nitrogens with one attached hydrogen (secondary N) is 2. The zero-order valence-corrected chi connectivity index (χ0v) is 15.5. The molecule has 2 aromatic carbocycles. The van der Waals surface area contributed by atoms with Gasteiger partial charge in [0.1, 0.15) is 0 Å². The summed E-state index contributed by atoms with van der Waals surface area (Å²) in [4.78, 5) is 24.5. The van der Waals surface area contributed by atoms with Crippen LogP contribution in [0.3, 0.4) is 0 Å². The minimum Gasteiger partial charge on any atom is -0.343 e. The van der Waals surface area contributed by atoms with Crippen LogP contribution in [0.1, 0.15) is 10.4 Å². The highest BCUT2D eigenvalue weighted by atomic mass is 32.2. The van der Waals surface area contributed by atoms with Gasteiger partial charge < -0.3 is 10.6 Å². The maximum Gasteiger partial charge on any atom is 0.253 e. The normalized spacial score (nSPS) is 11.3. The summed E-state index contributed by atoms with van der Waals surface area (Å²) in [7, 11) is -3.36. The Kier molecular flexibility index (Phi) is 5.06. The van der Waals surface area contributed by atoms with Gasteiger partial charge in [0.15, 0.2) is 9.84 Å². The molecule has 2 amide bonds. The number of amides is 2. The molecule has 0 aliphatic heterocycles. The molecule has 0 unspecified atom stereocenters. The summed E-state index contributed by atoms with van der Waals surface area (Å²) in [6, 6.07) is 13.5. The molecular formula is C18H16N2O4S2. The number of sulfone groups is 1. The topological polar surface area (TPSA) is 92.3 Å². The number of fused-ring (bicyclic) bond motifs is 1. The van der Waals surface area contributed by atoms with Gasteiger partial charge in [0.05, 0.1) is 17.0 Å². The molecule has 0 spiro atoms. The molecule has 134 valence electrons. The number of carbonyl (C=O) groups is 2. The van der Waals surface area contributed by atoms with Crippen molar-refractivity contribution in [1.82, 2.24) is 5.32 Å². The fourth-order valence-corrected chi connectivity index (χ4v) is 4.03. The molecule has 0 aliphatic carbocycles. The molecule has 0 bridgehead atoms. The predicted octanol–water partition coefficient (Wildman–Crippen LogP) is 2.67. The SMILES string of the molecule is CS(=O)(=O)c1cccc(NC(=O)CNC(=O)c2csc3ccccc23)c1. The minimum absolute atomic E-state index is 0.115. The molecule has 2 N–H and O–H groups in total. The van der Waals surface area contributed by atoms with Crippen LogP contribution in [0.2, 0.25) is 0 Å². The van der Waals surface area contributed by atoms with Gasteiger partial charge >= 0.3 is 0 Å². The van der Waals surface area contributed by atoms with Crippen molar-refractivity contribution in [2.45, 2.75) is 4.90 Å². The molecule has 0 atom stereocenters. The predicted molar refractivity (Wildman–Crippen MR) is 102 cm³/mol. The lowest BCUT2D eigenvalue weighted by molar-refractivity contribution is -0.115. The van der Waals surface area contributed by atoms with E-state index in [0.717, 1.165) is 16.3 Å². The third kappa shape index (κ3) is 4.09. The van der Waals surface area contributed by atoms with Gasteiger partial charge in [0, 0.05) is 27.4 Å². The lowest BCUT2D eigenvalue weighted by Gasteiger charge is -2.08. The Bertz CT molecular complexity index is 1090. The second kappa shape index (κ2) is 7.27. The van der Waals surface area contributed by atoms with Gasteiger partial charge in [0.25, 0.3) is 5.91 Å². The molecule has 26 heavy (non-hydrogen) atoms. The second-order valence-corrected chi connectivity index (χ2v) is 8.60. The molecular weight excluding hydrogens is 372 g/mol. The van der Waals surface area contributed by atoms with Crippen molar-refractivity contribution in [3.05, 3.63) is 59.5 Å². The van der Waals surface area contributed by atoms with E-state index in [2.05, 4.69) is 10.6 Å². The van der Waals surface area contributed by atoms with Crippen LogP contribution < -0.4 is 10.6 Å². The molecule has 6 nitrogen and oxygen atoms in total. The van der Waals surface area contributed by atoms with Crippen LogP contribution in [0.15, 0.2) is 58.8 Å². The van der Waals surface area contributed by atoms with Crippen LogP contribution in [0.5, 0.6) is 0 Å². The summed E-state index contributed by atoms with van der Waals surface area (Å²) in [6.45, 7) is -0.216. The van der Waals surface area contributed by atoms with Gasteiger partial charge in [-0.2, -0.15) is 0 Å². The van der Waals surface area contributed by atoms with Crippen molar-refractivity contribution in [2.24, 2.45) is 0 Å². The molecule has 3 aromatic rings. The Hall–Kier alpha value is -2.71. The Labute approximate surface area is 154 Å². The largest absolute Gasteiger partial charge is 0.343 e. The molecule has 0 saturated heterocycles. The summed E-state index contributed by atoms with van der Waals surface area (Å²) < 4.78 is 24.1. The fraction of sp³-hybridized carbons (Fsp3) is 0.111. The smallest absolute Gasteiger partial charge is 0.253 e. The van der Waals surface area contributed by atoms with Crippen molar-refractivity contribution in [3.8, 4) is 0 Å². The monoisotopic (exact) mass is 388 g/mol. The Morgan fingerprint density at radius 2 is 1.85 bits per heavy atom. The summed E-state index contributed by atoms with van der Waals surface area (Å²) in [5, 5.41) is 7.76. The number of rotatable bonds is 5. The first-order valence-electron chi connectivity index (χ1n) is 7.69. The minimum atomic E-state index is -3.36. The first-order valence-corrected chi connectivity index (χ1v) is 10.5. The first kappa shape index (κ1) is 18.1. The van der Waals surface area contributed by atoms with Gasteiger partial charge in [0.2, 0.25) is 5.91 Å². The molecule has 8 heteroatoms. The van der Waals surface area contributed by atoms with Crippen molar-refractivity contribution in [3.63, 3.8) is 0 Å². The van der Waals surface area contributed by atoms with Gasteiger partial charge in [-0.05, 0) is 24.3 Å². The first-order chi connectivity index (χ1) is 12.3. The van der Waals surface area contributed by atoms with Crippen LogP contribution >= 0.6 is 11.3 Å². The maximum absolute atomic E-state index is 12.3. The number of carbonyl (C=O) groups excluding carboxylic acids is 2. The Balaban J connectivity index is 1.63. The number of anilines is 1. The van der Waals surface area contributed by atoms with Crippen molar-refractivity contribution in [1.29, 1.82) is 0 Å². The highest BCUT2D eigenvalue weighted by Gasteiger charge is 2.13. The average Bonchev–Trinajstić information content (AvgIpc) is 3.03. The van der Waals surface area contributed by atoms with E-state index in [0.29, 0.717) is 11.3 Å². The van der Waals surface area contributed by atoms with E-state index in [1.165, 1.54) is 23.5 Å². The Morgan fingerprint density at radius 1 is 1.08 bits per heavy atom. The quantitative estimate of drug-likeness (QED) is 0.703. The summed E-state index contributed by atoms with van der Waals surface area (Å²) in [5.74, 6) is -0.772. The molecule has 1 aromatic heterocycles. The summed E-state index contributed by atoms with van der Waals surface area (Å²) in [5.41, 5.74) is 0.880. The number of hydrogen-bond donors (Lipinski definition) is 2. The zero-order valence-electron chi connectivity index (χ0n) is 13.9. The molecule has 0 fully saturated rings. The van der Waals surface area contributed by atoms with Gasteiger partial charge in [-0.1, -0.05) is 24.3 Å². The van der Waals surface area contributed by atoms with E-state index in [4.69, 9.17) is 0 Å². The van der Waals surface area contributed by atoms with Crippen LogP contribution in [0, 0.1) is 0 Å². The molecule has 1 heterocycles. The molecule has 0 aliphatic rings. The van der Waals surface area contributed by atoms with Crippen LogP contribution in [-0.2, 0) is 14.6 Å².